The number of ether oxygens (including phenoxy) is 2. The zero-order valence-electron chi connectivity index (χ0n) is 18.2. The van der Waals surface area contributed by atoms with Gasteiger partial charge in [-0.05, 0) is 42.7 Å². The van der Waals surface area contributed by atoms with Crippen molar-refractivity contribution >= 4 is 17.3 Å². The van der Waals surface area contributed by atoms with E-state index in [-0.39, 0.29) is 11.6 Å². The minimum atomic E-state index is -0.407. The van der Waals surface area contributed by atoms with Gasteiger partial charge in [0.25, 0.3) is 11.6 Å². The summed E-state index contributed by atoms with van der Waals surface area (Å²) in [6.45, 7) is 7.36. The predicted molar refractivity (Wildman–Crippen MR) is 119 cm³/mol. The predicted octanol–water partition coefficient (Wildman–Crippen LogP) is 3.99. The maximum Gasteiger partial charge on any atom is 0.269 e. The number of nitro groups is 1. The first-order chi connectivity index (χ1) is 14.9. The molecule has 3 rings (SSSR count). The zero-order valence-corrected chi connectivity index (χ0v) is 18.2. The second kappa shape index (κ2) is 10.1. The molecule has 1 saturated heterocycles. The van der Waals surface area contributed by atoms with Crippen LogP contribution in [0.25, 0.3) is 0 Å². The molecule has 8 nitrogen and oxygen atoms in total. The number of carbonyl (C=O) groups is 1. The van der Waals surface area contributed by atoms with Crippen LogP contribution in [0.5, 0.6) is 11.5 Å². The maximum atomic E-state index is 13.0. The summed E-state index contributed by atoms with van der Waals surface area (Å²) >= 11 is 0. The van der Waals surface area contributed by atoms with E-state index in [9.17, 15) is 14.9 Å². The molecule has 0 saturated carbocycles. The number of methoxy groups -OCH3 is 1. The fourth-order valence-corrected chi connectivity index (χ4v) is 3.46. The van der Waals surface area contributed by atoms with Gasteiger partial charge >= 0.3 is 0 Å². The number of hydrogen-bond acceptors (Lipinski definition) is 6. The molecule has 0 aliphatic carbocycles. The van der Waals surface area contributed by atoms with Crippen molar-refractivity contribution in [3.63, 3.8) is 0 Å². The lowest BCUT2D eigenvalue weighted by atomic mass is 10.1. The van der Waals surface area contributed by atoms with E-state index in [4.69, 9.17) is 9.47 Å². The van der Waals surface area contributed by atoms with E-state index >= 15 is 0 Å². The molecule has 0 atom stereocenters. The van der Waals surface area contributed by atoms with Crippen molar-refractivity contribution in [1.29, 1.82) is 0 Å². The van der Waals surface area contributed by atoms with E-state index in [1.54, 1.807) is 37.4 Å². The van der Waals surface area contributed by atoms with Crippen molar-refractivity contribution in [3.8, 4) is 11.5 Å². The molecule has 2 aromatic carbocycles. The SMILES string of the molecule is COc1cc(C(=O)N2CCN(c3ccc([N+](=O)[O-])cc3)CC2)ccc1OCCC(C)C. The Morgan fingerprint density at radius 2 is 1.74 bits per heavy atom. The Bertz CT molecular complexity index is 906. The summed E-state index contributed by atoms with van der Waals surface area (Å²) < 4.78 is 11.2. The summed E-state index contributed by atoms with van der Waals surface area (Å²) in [4.78, 5) is 27.3. The van der Waals surface area contributed by atoms with E-state index in [0.29, 0.717) is 55.8 Å². The number of rotatable bonds is 8. The van der Waals surface area contributed by atoms with Crippen LogP contribution in [0.1, 0.15) is 30.6 Å². The van der Waals surface area contributed by atoms with Crippen LogP contribution < -0.4 is 14.4 Å². The van der Waals surface area contributed by atoms with Gasteiger partial charge in [0.05, 0.1) is 18.6 Å². The Morgan fingerprint density at radius 1 is 1.06 bits per heavy atom. The van der Waals surface area contributed by atoms with Gasteiger partial charge in [-0.15, -0.1) is 0 Å². The fourth-order valence-electron chi connectivity index (χ4n) is 3.46. The minimum absolute atomic E-state index is 0.0459. The van der Waals surface area contributed by atoms with E-state index in [2.05, 4.69) is 18.7 Å². The van der Waals surface area contributed by atoms with Crippen LogP contribution in [-0.2, 0) is 0 Å². The molecule has 2 aromatic rings. The maximum absolute atomic E-state index is 13.0. The summed E-state index contributed by atoms with van der Waals surface area (Å²) in [7, 11) is 1.57. The number of carbonyl (C=O) groups excluding carboxylic acids is 1. The lowest BCUT2D eigenvalue weighted by molar-refractivity contribution is -0.384. The van der Waals surface area contributed by atoms with Crippen LogP contribution in [0.3, 0.4) is 0 Å². The van der Waals surface area contributed by atoms with Gasteiger partial charge in [0, 0.05) is 49.6 Å². The van der Waals surface area contributed by atoms with Gasteiger partial charge in [-0.25, -0.2) is 0 Å². The highest BCUT2D eigenvalue weighted by Gasteiger charge is 2.23. The zero-order chi connectivity index (χ0) is 22.4. The summed E-state index contributed by atoms with van der Waals surface area (Å²) in [5.74, 6) is 1.70. The molecule has 1 heterocycles. The number of non-ortho nitro benzene ring substituents is 1. The lowest BCUT2D eigenvalue weighted by Gasteiger charge is -2.36. The average molecular weight is 428 g/mol. The van der Waals surface area contributed by atoms with E-state index < -0.39 is 4.92 Å². The third-order valence-corrected chi connectivity index (χ3v) is 5.36. The molecule has 1 aliphatic rings. The first-order valence-electron chi connectivity index (χ1n) is 10.5. The number of nitro benzene ring substituents is 1. The van der Waals surface area contributed by atoms with Crippen LogP contribution in [-0.4, -0.2) is 55.6 Å². The summed E-state index contributed by atoms with van der Waals surface area (Å²) in [5.41, 5.74) is 1.56. The van der Waals surface area contributed by atoms with Crippen LogP contribution in [0.15, 0.2) is 42.5 Å². The standard InChI is InChI=1S/C23H29N3O5/c1-17(2)10-15-31-21-9-4-18(16-22(21)30-3)23(27)25-13-11-24(12-14-25)19-5-7-20(8-6-19)26(28)29/h4-9,16-17H,10-15H2,1-3H3. The first-order valence-corrected chi connectivity index (χ1v) is 10.5. The third-order valence-electron chi connectivity index (χ3n) is 5.36. The molecule has 1 fully saturated rings. The first kappa shape index (κ1) is 22.4. The molecule has 0 N–H and O–H groups in total. The van der Waals surface area contributed by atoms with Crippen LogP contribution >= 0.6 is 0 Å². The van der Waals surface area contributed by atoms with Crippen LogP contribution in [0, 0.1) is 16.0 Å². The Morgan fingerprint density at radius 3 is 2.32 bits per heavy atom. The number of nitrogens with zero attached hydrogens (tertiary/aromatic N) is 3. The van der Waals surface area contributed by atoms with Gasteiger partial charge in [-0.3, -0.25) is 14.9 Å². The largest absolute Gasteiger partial charge is 0.493 e. The van der Waals surface area contributed by atoms with E-state index in [1.165, 1.54) is 12.1 Å². The van der Waals surface area contributed by atoms with Crippen molar-refractivity contribution < 1.29 is 19.2 Å². The lowest BCUT2D eigenvalue weighted by Crippen LogP contribution is -2.48. The summed E-state index contributed by atoms with van der Waals surface area (Å²) in [5, 5.41) is 10.8. The fraction of sp³-hybridized carbons (Fsp3) is 0.435. The topological polar surface area (TPSA) is 85.2 Å². The highest BCUT2D eigenvalue weighted by Crippen LogP contribution is 2.29. The molecule has 0 aromatic heterocycles. The van der Waals surface area contributed by atoms with E-state index in [1.807, 2.05) is 4.90 Å². The normalized spacial score (nSPS) is 13.9. The number of anilines is 1. The summed E-state index contributed by atoms with van der Waals surface area (Å²) in [6, 6.07) is 11.8. The van der Waals surface area contributed by atoms with Crippen molar-refractivity contribution in [2.45, 2.75) is 20.3 Å². The van der Waals surface area contributed by atoms with Crippen molar-refractivity contribution in [1.82, 2.24) is 4.90 Å². The van der Waals surface area contributed by atoms with Crippen molar-refractivity contribution in [3.05, 3.63) is 58.1 Å². The van der Waals surface area contributed by atoms with E-state index in [0.717, 1.165) is 12.1 Å². The van der Waals surface area contributed by atoms with Crippen LogP contribution in [0.2, 0.25) is 0 Å². The molecule has 0 radical (unpaired) electrons. The second-order valence-electron chi connectivity index (χ2n) is 7.95. The molecule has 1 aliphatic heterocycles. The highest BCUT2D eigenvalue weighted by atomic mass is 16.6. The average Bonchev–Trinajstić information content (AvgIpc) is 2.78. The molecule has 1 amide bonds. The van der Waals surface area contributed by atoms with Gasteiger partial charge in [0.15, 0.2) is 11.5 Å². The Labute approximate surface area is 182 Å². The molecule has 0 unspecified atom stereocenters. The highest BCUT2D eigenvalue weighted by molar-refractivity contribution is 5.95. The van der Waals surface area contributed by atoms with Crippen molar-refractivity contribution in [2.24, 2.45) is 5.92 Å². The molecular formula is C23H29N3O5. The number of benzene rings is 2. The smallest absolute Gasteiger partial charge is 0.269 e. The van der Waals surface area contributed by atoms with Gasteiger partial charge in [0.1, 0.15) is 0 Å². The third kappa shape index (κ3) is 5.65. The monoisotopic (exact) mass is 427 g/mol. The van der Waals surface area contributed by atoms with Crippen molar-refractivity contribution in [2.75, 3.05) is 44.8 Å². The van der Waals surface area contributed by atoms with Gasteiger partial charge < -0.3 is 19.3 Å². The van der Waals surface area contributed by atoms with Gasteiger partial charge in [-0.1, -0.05) is 13.8 Å². The molecule has 0 bridgehead atoms. The molecular weight excluding hydrogens is 398 g/mol. The molecule has 0 spiro atoms. The Hall–Kier alpha value is -3.29. The Balaban J connectivity index is 1.60. The number of hydrogen-bond donors (Lipinski definition) is 0. The quantitative estimate of drug-likeness (QED) is 0.468. The van der Waals surface area contributed by atoms with Gasteiger partial charge in [-0.2, -0.15) is 0 Å². The molecule has 166 valence electrons. The number of amides is 1. The minimum Gasteiger partial charge on any atom is -0.493 e. The molecule has 8 heteroatoms. The van der Waals surface area contributed by atoms with Crippen LogP contribution in [0.4, 0.5) is 11.4 Å². The molecule has 31 heavy (non-hydrogen) atoms. The van der Waals surface area contributed by atoms with Gasteiger partial charge in [0.2, 0.25) is 0 Å². The number of piperazine rings is 1. The second-order valence-corrected chi connectivity index (χ2v) is 7.95. The Kier molecular flexibility index (Phi) is 7.33. The summed E-state index contributed by atoms with van der Waals surface area (Å²) in [6.07, 6.45) is 0.947.